The van der Waals surface area contributed by atoms with Crippen LogP contribution in [0.25, 0.3) is 0 Å². The van der Waals surface area contributed by atoms with Crippen molar-refractivity contribution < 1.29 is 4.74 Å². The van der Waals surface area contributed by atoms with Gasteiger partial charge in [0, 0.05) is 12.1 Å². The number of benzene rings is 1. The van der Waals surface area contributed by atoms with Gasteiger partial charge >= 0.3 is 0 Å². The van der Waals surface area contributed by atoms with Crippen molar-refractivity contribution in [1.29, 1.82) is 0 Å². The zero-order chi connectivity index (χ0) is 12.8. The Hall–Kier alpha value is -1.46. The fourth-order valence-electron chi connectivity index (χ4n) is 1.99. The van der Waals surface area contributed by atoms with Gasteiger partial charge in [0.25, 0.3) is 0 Å². The molecule has 2 N–H and O–H groups in total. The fraction of sp³-hybridized carbons (Fsp3) is 0.467. The van der Waals surface area contributed by atoms with Crippen molar-refractivity contribution in [3.63, 3.8) is 0 Å². The van der Waals surface area contributed by atoms with Crippen molar-refractivity contribution in [3.8, 4) is 18.1 Å². The summed E-state index contributed by atoms with van der Waals surface area (Å²) in [6, 6.07) is 4.28. The van der Waals surface area contributed by atoms with E-state index in [1.165, 1.54) is 5.56 Å². The number of aryl methyl sites for hydroxylation is 1. The Morgan fingerprint density at radius 3 is 2.65 bits per heavy atom. The second kappa shape index (κ2) is 6.32. The van der Waals surface area contributed by atoms with Crippen molar-refractivity contribution in [3.05, 3.63) is 28.8 Å². The maximum absolute atomic E-state index is 5.76. The van der Waals surface area contributed by atoms with E-state index < -0.39 is 0 Å². The predicted molar refractivity (Wildman–Crippen MR) is 71.9 cm³/mol. The molecule has 0 radical (unpaired) electrons. The average molecular weight is 231 g/mol. The molecule has 0 spiro atoms. The number of hydrogen-bond acceptors (Lipinski definition) is 2. The molecule has 2 nitrogen and oxygen atoms in total. The van der Waals surface area contributed by atoms with E-state index in [0.29, 0.717) is 12.5 Å². The number of nitrogens with two attached hydrogens (primary N) is 1. The molecule has 2 heteroatoms. The van der Waals surface area contributed by atoms with E-state index in [4.69, 9.17) is 16.9 Å². The highest BCUT2D eigenvalue weighted by Crippen LogP contribution is 2.26. The molecule has 0 aromatic heterocycles. The van der Waals surface area contributed by atoms with Gasteiger partial charge in [0.05, 0.1) is 0 Å². The number of ether oxygens (including phenoxy) is 1. The van der Waals surface area contributed by atoms with Crippen LogP contribution < -0.4 is 10.5 Å². The van der Waals surface area contributed by atoms with Crippen molar-refractivity contribution in [2.24, 2.45) is 11.7 Å². The minimum Gasteiger partial charge on any atom is -0.480 e. The lowest BCUT2D eigenvalue weighted by molar-refractivity contribution is 0.363. The molecule has 0 unspecified atom stereocenters. The van der Waals surface area contributed by atoms with Gasteiger partial charge in [-0.3, -0.25) is 0 Å². The summed E-state index contributed by atoms with van der Waals surface area (Å²) >= 11 is 0. The highest BCUT2D eigenvalue weighted by molar-refractivity contribution is 5.44. The van der Waals surface area contributed by atoms with E-state index in [9.17, 15) is 0 Å². The number of hydrogen-bond donors (Lipinski definition) is 1. The van der Waals surface area contributed by atoms with Gasteiger partial charge < -0.3 is 10.5 Å². The molecule has 0 bridgehead atoms. The Morgan fingerprint density at radius 2 is 2.12 bits per heavy atom. The van der Waals surface area contributed by atoms with Crippen LogP contribution in [0.3, 0.4) is 0 Å². The molecule has 0 fully saturated rings. The third-order valence-corrected chi connectivity index (χ3v) is 2.58. The summed E-state index contributed by atoms with van der Waals surface area (Å²) in [6.07, 6.45) is 6.27. The molecule has 0 aliphatic carbocycles. The molecular weight excluding hydrogens is 210 g/mol. The average Bonchev–Trinajstić information content (AvgIpc) is 2.26. The Bertz CT molecular complexity index is 416. The SMILES string of the molecule is C#CCOc1c(C)cc(CC(C)C)cc1CN. The second-order valence-corrected chi connectivity index (χ2v) is 4.70. The van der Waals surface area contributed by atoms with E-state index in [1.807, 2.05) is 6.92 Å². The molecule has 0 amide bonds. The van der Waals surface area contributed by atoms with Crippen LogP contribution in [0.5, 0.6) is 5.75 Å². The molecule has 1 aromatic rings. The first kappa shape index (κ1) is 13.6. The third-order valence-electron chi connectivity index (χ3n) is 2.58. The van der Waals surface area contributed by atoms with Crippen LogP contribution in [-0.4, -0.2) is 6.61 Å². The molecule has 1 rings (SSSR count). The molecule has 0 aliphatic rings. The van der Waals surface area contributed by atoms with Gasteiger partial charge in [-0.25, -0.2) is 0 Å². The van der Waals surface area contributed by atoms with E-state index in [-0.39, 0.29) is 6.61 Å². The minimum absolute atomic E-state index is 0.289. The van der Waals surface area contributed by atoms with Crippen LogP contribution >= 0.6 is 0 Å². The largest absolute Gasteiger partial charge is 0.480 e. The summed E-state index contributed by atoms with van der Waals surface area (Å²) in [7, 11) is 0. The Kier molecular flexibility index (Phi) is 5.06. The van der Waals surface area contributed by atoms with Gasteiger partial charge in [0.15, 0.2) is 0 Å². The molecule has 17 heavy (non-hydrogen) atoms. The van der Waals surface area contributed by atoms with Crippen LogP contribution in [0.15, 0.2) is 12.1 Å². The quantitative estimate of drug-likeness (QED) is 0.791. The molecular formula is C15H21NO. The van der Waals surface area contributed by atoms with E-state index in [0.717, 1.165) is 23.3 Å². The topological polar surface area (TPSA) is 35.2 Å². The smallest absolute Gasteiger partial charge is 0.148 e. The van der Waals surface area contributed by atoms with Crippen LogP contribution in [0.1, 0.15) is 30.5 Å². The zero-order valence-corrected chi connectivity index (χ0v) is 10.9. The summed E-state index contributed by atoms with van der Waals surface area (Å²) in [5.74, 6) is 3.96. The van der Waals surface area contributed by atoms with E-state index in [2.05, 4.69) is 31.9 Å². The highest BCUT2D eigenvalue weighted by atomic mass is 16.5. The lowest BCUT2D eigenvalue weighted by atomic mass is 9.98. The first-order chi connectivity index (χ1) is 8.08. The standard InChI is InChI=1S/C15H21NO/c1-5-6-17-15-12(4)8-13(7-11(2)3)9-14(15)10-16/h1,8-9,11H,6-7,10,16H2,2-4H3. The van der Waals surface area contributed by atoms with Crippen molar-refractivity contribution >= 4 is 0 Å². The van der Waals surface area contributed by atoms with Crippen LogP contribution in [0, 0.1) is 25.2 Å². The van der Waals surface area contributed by atoms with Gasteiger partial charge in [-0.15, -0.1) is 6.42 Å². The van der Waals surface area contributed by atoms with Crippen LogP contribution in [0.4, 0.5) is 0 Å². The van der Waals surface area contributed by atoms with Crippen LogP contribution in [0.2, 0.25) is 0 Å². The summed E-state index contributed by atoms with van der Waals surface area (Å²) in [5.41, 5.74) is 9.22. The molecule has 0 atom stereocenters. The zero-order valence-electron chi connectivity index (χ0n) is 10.9. The summed E-state index contributed by atoms with van der Waals surface area (Å²) < 4.78 is 5.55. The summed E-state index contributed by atoms with van der Waals surface area (Å²) in [4.78, 5) is 0. The minimum atomic E-state index is 0.289. The van der Waals surface area contributed by atoms with Crippen molar-refractivity contribution in [2.75, 3.05) is 6.61 Å². The molecule has 0 heterocycles. The second-order valence-electron chi connectivity index (χ2n) is 4.70. The third kappa shape index (κ3) is 3.80. The normalized spacial score (nSPS) is 10.4. The highest BCUT2D eigenvalue weighted by Gasteiger charge is 2.09. The van der Waals surface area contributed by atoms with Gasteiger partial charge in [-0.1, -0.05) is 31.9 Å². The number of rotatable bonds is 5. The Labute approximate surface area is 104 Å². The summed E-state index contributed by atoms with van der Waals surface area (Å²) in [5, 5.41) is 0. The van der Waals surface area contributed by atoms with Crippen molar-refractivity contribution in [2.45, 2.75) is 33.7 Å². The molecule has 0 saturated heterocycles. The van der Waals surface area contributed by atoms with E-state index >= 15 is 0 Å². The maximum atomic E-state index is 5.76. The molecule has 0 aliphatic heterocycles. The Balaban J connectivity index is 3.03. The van der Waals surface area contributed by atoms with Gasteiger partial charge in [-0.05, 0) is 30.4 Å². The molecule has 0 saturated carbocycles. The van der Waals surface area contributed by atoms with Gasteiger partial charge in [0.2, 0.25) is 0 Å². The first-order valence-electron chi connectivity index (χ1n) is 5.97. The number of terminal acetylenes is 1. The maximum Gasteiger partial charge on any atom is 0.148 e. The Morgan fingerprint density at radius 1 is 1.41 bits per heavy atom. The molecule has 92 valence electrons. The predicted octanol–water partition coefficient (Wildman–Crippen LogP) is 2.66. The van der Waals surface area contributed by atoms with Gasteiger partial charge in [-0.2, -0.15) is 0 Å². The van der Waals surface area contributed by atoms with E-state index in [1.54, 1.807) is 0 Å². The first-order valence-corrected chi connectivity index (χ1v) is 5.97. The van der Waals surface area contributed by atoms with Gasteiger partial charge in [0.1, 0.15) is 12.4 Å². The summed E-state index contributed by atoms with van der Waals surface area (Å²) in [6.45, 7) is 7.22. The lowest BCUT2D eigenvalue weighted by Crippen LogP contribution is -2.06. The molecule has 1 aromatic carbocycles. The fourth-order valence-corrected chi connectivity index (χ4v) is 1.99. The van der Waals surface area contributed by atoms with Crippen molar-refractivity contribution in [1.82, 2.24) is 0 Å². The lowest BCUT2D eigenvalue weighted by Gasteiger charge is -2.15. The monoisotopic (exact) mass is 231 g/mol. The van der Waals surface area contributed by atoms with Crippen LogP contribution in [-0.2, 0) is 13.0 Å².